The van der Waals surface area contributed by atoms with Crippen LogP contribution in [0.5, 0.6) is 11.8 Å². The number of halogens is 3. The van der Waals surface area contributed by atoms with E-state index in [0.717, 1.165) is 46.5 Å². The van der Waals surface area contributed by atoms with Crippen molar-refractivity contribution in [3.63, 3.8) is 0 Å². The van der Waals surface area contributed by atoms with E-state index in [0.29, 0.717) is 12.6 Å². The van der Waals surface area contributed by atoms with Gasteiger partial charge in [0, 0.05) is 11.4 Å². The van der Waals surface area contributed by atoms with Crippen molar-refractivity contribution in [2.75, 3.05) is 18.5 Å². The molecular weight excluding hydrogens is 463 g/mol. The molecule has 0 aliphatic heterocycles. The fourth-order valence-corrected chi connectivity index (χ4v) is 4.43. The maximum absolute atomic E-state index is 12.3. The molecule has 2 aromatic heterocycles. The lowest BCUT2D eigenvalue weighted by Gasteiger charge is -2.10. The summed E-state index contributed by atoms with van der Waals surface area (Å²) in [5.41, 5.74) is 2.93. The lowest BCUT2D eigenvalue weighted by molar-refractivity contribution is -0.274. The number of benzene rings is 2. The molecule has 0 radical (unpaired) electrons. The quantitative estimate of drug-likeness (QED) is 0.257. The van der Waals surface area contributed by atoms with Gasteiger partial charge in [-0.1, -0.05) is 36.4 Å². The van der Waals surface area contributed by atoms with Gasteiger partial charge in [-0.25, -0.2) is 0 Å². The summed E-state index contributed by atoms with van der Waals surface area (Å²) in [5.74, 6) is 0.554. The summed E-state index contributed by atoms with van der Waals surface area (Å²) in [7, 11) is 0. The van der Waals surface area contributed by atoms with Crippen LogP contribution in [-0.4, -0.2) is 29.5 Å². The molecule has 34 heavy (non-hydrogen) atoms. The SMILES string of the molecule is CCOc1nc(NCCCc2ccc(-c3ccc(OC(F)(F)F)cc3)cc2)c2cc(C)sc2n1. The first-order valence-electron chi connectivity index (χ1n) is 10.9. The molecular formula is C25H24F3N3O2S. The van der Waals surface area contributed by atoms with Crippen LogP contribution in [0.15, 0.2) is 54.6 Å². The van der Waals surface area contributed by atoms with E-state index in [2.05, 4.69) is 26.1 Å². The number of hydrogen-bond acceptors (Lipinski definition) is 6. The van der Waals surface area contributed by atoms with E-state index < -0.39 is 6.36 Å². The molecule has 2 aromatic carbocycles. The zero-order valence-corrected chi connectivity index (χ0v) is 19.6. The molecule has 0 spiro atoms. The van der Waals surface area contributed by atoms with Gasteiger partial charge in [0.2, 0.25) is 0 Å². The molecule has 9 heteroatoms. The number of alkyl halides is 3. The van der Waals surface area contributed by atoms with Crippen molar-refractivity contribution in [3.05, 3.63) is 65.0 Å². The summed E-state index contributed by atoms with van der Waals surface area (Å²) in [6.07, 6.45) is -2.91. The maximum Gasteiger partial charge on any atom is 0.573 e. The fourth-order valence-electron chi connectivity index (χ4n) is 3.56. The highest BCUT2D eigenvalue weighted by Gasteiger charge is 2.30. The third-order valence-corrected chi connectivity index (χ3v) is 6.02. The molecule has 0 fully saturated rings. The molecule has 0 amide bonds. The van der Waals surface area contributed by atoms with Crippen LogP contribution in [0.25, 0.3) is 21.3 Å². The molecule has 0 unspecified atom stereocenters. The van der Waals surface area contributed by atoms with Gasteiger partial charge in [-0.3, -0.25) is 0 Å². The Labute approximate surface area is 199 Å². The maximum atomic E-state index is 12.3. The van der Waals surface area contributed by atoms with Crippen LogP contribution in [0, 0.1) is 6.92 Å². The van der Waals surface area contributed by atoms with Crippen molar-refractivity contribution < 1.29 is 22.6 Å². The van der Waals surface area contributed by atoms with Crippen molar-refractivity contribution in [2.24, 2.45) is 0 Å². The molecule has 0 aliphatic carbocycles. The molecule has 2 heterocycles. The second-order valence-corrected chi connectivity index (χ2v) is 8.90. The summed E-state index contributed by atoms with van der Waals surface area (Å²) in [6, 6.07) is 16.3. The molecule has 4 rings (SSSR count). The monoisotopic (exact) mass is 487 g/mol. The number of anilines is 1. The average molecular weight is 488 g/mol. The number of hydrogen-bond donors (Lipinski definition) is 1. The Morgan fingerprint density at radius 2 is 1.65 bits per heavy atom. The van der Waals surface area contributed by atoms with Crippen molar-refractivity contribution in [1.82, 2.24) is 9.97 Å². The number of nitrogens with one attached hydrogen (secondary N) is 1. The van der Waals surface area contributed by atoms with Crippen molar-refractivity contribution in [3.8, 4) is 22.9 Å². The second-order valence-electron chi connectivity index (χ2n) is 7.66. The zero-order valence-electron chi connectivity index (χ0n) is 18.8. The highest BCUT2D eigenvalue weighted by molar-refractivity contribution is 7.18. The number of rotatable bonds is 9. The molecule has 0 saturated carbocycles. The van der Waals surface area contributed by atoms with E-state index in [9.17, 15) is 13.2 Å². The number of ether oxygens (including phenoxy) is 2. The predicted octanol–water partition coefficient (Wildman–Crippen LogP) is 7.01. The topological polar surface area (TPSA) is 56.3 Å². The van der Waals surface area contributed by atoms with E-state index in [1.165, 1.54) is 22.6 Å². The van der Waals surface area contributed by atoms with Gasteiger partial charge >= 0.3 is 12.4 Å². The van der Waals surface area contributed by atoms with Crippen LogP contribution < -0.4 is 14.8 Å². The van der Waals surface area contributed by atoms with Crippen LogP contribution in [0.3, 0.4) is 0 Å². The Balaban J connectivity index is 1.33. The number of nitrogens with zero attached hydrogens (tertiary/aromatic N) is 2. The molecule has 178 valence electrons. The largest absolute Gasteiger partial charge is 0.573 e. The minimum atomic E-state index is -4.69. The molecule has 0 bridgehead atoms. The van der Waals surface area contributed by atoms with Crippen LogP contribution in [0.1, 0.15) is 23.8 Å². The molecule has 0 atom stereocenters. The smallest absolute Gasteiger partial charge is 0.464 e. The summed E-state index contributed by atoms with van der Waals surface area (Å²) < 4.78 is 46.4. The zero-order chi connectivity index (χ0) is 24.1. The van der Waals surface area contributed by atoms with Crippen LogP contribution >= 0.6 is 11.3 Å². The van der Waals surface area contributed by atoms with Crippen LogP contribution in [0.4, 0.5) is 19.0 Å². The summed E-state index contributed by atoms with van der Waals surface area (Å²) >= 11 is 1.62. The van der Waals surface area contributed by atoms with Gasteiger partial charge < -0.3 is 14.8 Å². The number of fused-ring (bicyclic) bond motifs is 1. The summed E-state index contributed by atoms with van der Waals surface area (Å²) in [5, 5.41) is 4.41. The molecule has 4 aromatic rings. The standard InChI is InChI=1S/C25H24F3N3O2S/c1-3-32-24-30-22(21-15-16(2)34-23(21)31-24)29-14-4-5-17-6-8-18(9-7-17)19-10-12-20(13-11-19)33-25(26,27)28/h6-13,15H,3-5,14H2,1-2H3,(H,29,30,31). The predicted molar refractivity (Wildman–Crippen MR) is 129 cm³/mol. The van der Waals surface area contributed by atoms with Crippen LogP contribution in [0.2, 0.25) is 0 Å². The third-order valence-electron chi connectivity index (χ3n) is 5.08. The van der Waals surface area contributed by atoms with Crippen LogP contribution in [-0.2, 0) is 6.42 Å². The van der Waals surface area contributed by atoms with Gasteiger partial charge in [0.1, 0.15) is 16.4 Å². The van der Waals surface area contributed by atoms with E-state index >= 15 is 0 Å². The minimum absolute atomic E-state index is 0.229. The van der Waals surface area contributed by atoms with Crippen molar-refractivity contribution in [1.29, 1.82) is 0 Å². The Hall–Kier alpha value is -3.33. The third kappa shape index (κ3) is 6.17. The van der Waals surface area contributed by atoms with Crippen molar-refractivity contribution in [2.45, 2.75) is 33.1 Å². The van der Waals surface area contributed by atoms with Crippen molar-refractivity contribution >= 4 is 27.4 Å². The first kappa shape index (κ1) is 23.8. The van der Waals surface area contributed by atoms with E-state index in [1.807, 2.05) is 38.1 Å². The minimum Gasteiger partial charge on any atom is -0.464 e. The second kappa shape index (κ2) is 10.3. The Bertz CT molecular complexity index is 1240. The van der Waals surface area contributed by atoms with E-state index in [4.69, 9.17) is 4.74 Å². The van der Waals surface area contributed by atoms with Gasteiger partial charge in [-0.15, -0.1) is 24.5 Å². The van der Waals surface area contributed by atoms with Gasteiger partial charge in [0.15, 0.2) is 0 Å². The Morgan fingerprint density at radius 1 is 0.971 bits per heavy atom. The normalized spacial score (nSPS) is 11.6. The first-order valence-corrected chi connectivity index (χ1v) is 11.7. The Kier molecular flexibility index (Phi) is 7.21. The molecule has 0 aliphatic rings. The lowest BCUT2D eigenvalue weighted by Crippen LogP contribution is -2.16. The Morgan fingerprint density at radius 3 is 2.29 bits per heavy atom. The fraction of sp³-hybridized carbons (Fsp3) is 0.280. The number of thiophene rings is 1. The molecule has 5 nitrogen and oxygen atoms in total. The highest BCUT2D eigenvalue weighted by Crippen LogP contribution is 2.30. The van der Waals surface area contributed by atoms with Gasteiger partial charge in [0.25, 0.3) is 0 Å². The number of aromatic nitrogens is 2. The van der Waals surface area contributed by atoms with E-state index in [-0.39, 0.29) is 5.75 Å². The summed E-state index contributed by atoms with van der Waals surface area (Å²) in [4.78, 5) is 11.1. The first-order chi connectivity index (χ1) is 16.3. The highest BCUT2D eigenvalue weighted by atomic mass is 32.1. The molecule has 1 N–H and O–H groups in total. The number of aryl methyl sites for hydroxylation is 2. The van der Waals surface area contributed by atoms with Gasteiger partial charge in [-0.2, -0.15) is 9.97 Å². The average Bonchev–Trinajstić information content (AvgIpc) is 3.17. The van der Waals surface area contributed by atoms with Gasteiger partial charge in [-0.05, 0) is 61.6 Å². The summed E-state index contributed by atoms with van der Waals surface area (Å²) in [6.45, 7) is 5.21. The lowest BCUT2D eigenvalue weighted by atomic mass is 10.0. The molecule has 0 saturated heterocycles. The van der Waals surface area contributed by atoms with Gasteiger partial charge in [0.05, 0.1) is 12.0 Å². The van der Waals surface area contributed by atoms with E-state index in [1.54, 1.807) is 23.5 Å².